The first-order valence-corrected chi connectivity index (χ1v) is 6.92. The Bertz CT molecular complexity index is 347. The van der Waals surface area contributed by atoms with Crippen LogP contribution in [0.3, 0.4) is 0 Å². The van der Waals surface area contributed by atoms with Gasteiger partial charge in [-0.15, -0.1) is 0 Å². The van der Waals surface area contributed by atoms with Crippen molar-refractivity contribution < 1.29 is 14.3 Å². The van der Waals surface area contributed by atoms with Gasteiger partial charge in [0.25, 0.3) is 0 Å². The standard InChI is InChI=1S/C14H22O3S/c1-6-9-12(15)18-14(5,10-11(4)7-2)13(16)17-8-3/h7,10H,2,6,8-9H2,1,3-5H3/b11-10+/t14-/m1/s1. The summed E-state index contributed by atoms with van der Waals surface area (Å²) in [4.78, 5) is 23.7. The van der Waals surface area contributed by atoms with E-state index in [2.05, 4.69) is 6.58 Å². The molecule has 0 fully saturated rings. The number of carbonyl (C=O) groups is 2. The zero-order valence-electron chi connectivity index (χ0n) is 11.6. The van der Waals surface area contributed by atoms with Crippen LogP contribution in [0.5, 0.6) is 0 Å². The fourth-order valence-electron chi connectivity index (χ4n) is 1.39. The van der Waals surface area contributed by atoms with Crippen LogP contribution < -0.4 is 0 Å². The molecule has 0 saturated heterocycles. The summed E-state index contributed by atoms with van der Waals surface area (Å²) >= 11 is 1.03. The van der Waals surface area contributed by atoms with Gasteiger partial charge in [-0.2, -0.15) is 0 Å². The maximum Gasteiger partial charge on any atom is 0.326 e. The lowest BCUT2D eigenvalue weighted by Gasteiger charge is -2.22. The Morgan fingerprint density at radius 2 is 2.00 bits per heavy atom. The second-order valence-electron chi connectivity index (χ2n) is 4.14. The van der Waals surface area contributed by atoms with E-state index < -0.39 is 4.75 Å². The summed E-state index contributed by atoms with van der Waals surface area (Å²) in [6, 6.07) is 0. The highest BCUT2D eigenvalue weighted by Gasteiger charge is 2.35. The number of esters is 1. The number of thioether (sulfide) groups is 1. The third-order valence-corrected chi connectivity index (χ3v) is 3.43. The zero-order chi connectivity index (χ0) is 14.2. The molecule has 0 amide bonds. The Morgan fingerprint density at radius 3 is 2.44 bits per heavy atom. The summed E-state index contributed by atoms with van der Waals surface area (Å²) in [5.74, 6) is -0.388. The van der Waals surface area contributed by atoms with Crippen molar-refractivity contribution in [3.63, 3.8) is 0 Å². The Kier molecular flexibility index (Phi) is 7.67. The Balaban J connectivity index is 5.08. The molecule has 4 heteroatoms. The molecule has 18 heavy (non-hydrogen) atoms. The third-order valence-electron chi connectivity index (χ3n) is 2.29. The fourth-order valence-corrected chi connectivity index (χ4v) is 2.56. The molecule has 0 aliphatic rings. The van der Waals surface area contributed by atoms with Gasteiger partial charge in [-0.3, -0.25) is 9.59 Å². The second-order valence-corrected chi connectivity index (χ2v) is 5.65. The summed E-state index contributed by atoms with van der Waals surface area (Å²) in [7, 11) is 0. The second kappa shape index (κ2) is 8.14. The molecule has 102 valence electrons. The molecule has 0 unspecified atom stereocenters. The van der Waals surface area contributed by atoms with Gasteiger partial charge in [0.05, 0.1) is 6.61 Å². The number of rotatable bonds is 7. The van der Waals surface area contributed by atoms with Crippen LogP contribution in [0.2, 0.25) is 0 Å². The minimum absolute atomic E-state index is 0.00108. The molecular formula is C14H22O3S. The highest BCUT2D eigenvalue weighted by Crippen LogP contribution is 2.31. The topological polar surface area (TPSA) is 43.4 Å². The molecule has 0 rings (SSSR count). The molecule has 0 aliphatic carbocycles. The minimum atomic E-state index is -0.972. The maximum atomic E-state index is 12.0. The summed E-state index contributed by atoms with van der Waals surface area (Å²) in [6.07, 6.45) is 4.62. The summed E-state index contributed by atoms with van der Waals surface area (Å²) in [6.45, 7) is 11.2. The highest BCUT2D eigenvalue weighted by molar-refractivity contribution is 8.15. The molecule has 0 saturated carbocycles. The van der Waals surface area contributed by atoms with Gasteiger partial charge < -0.3 is 4.74 Å². The fraction of sp³-hybridized carbons (Fsp3) is 0.571. The lowest BCUT2D eigenvalue weighted by Crippen LogP contribution is -2.33. The largest absolute Gasteiger partial charge is 0.465 e. The van der Waals surface area contributed by atoms with Gasteiger partial charge in [0.1, 0.15) is 4.75 Å². The summed E-state index contributed by atoms with van der Waals surface area (Å²) in [5.41, 5.74) is 0.849. The Morgan fingerprint density at radius 1 is 1.39 bits per heavy atom. The first-order valence-electron chi connectivity index (χ1n) is 6.10. The molecule has 3 nitrogen and oxygen atoms in total. The van der Waals surface area contributed by atoms with Gasteiger partial charge in [-0.1, -0.05) is 43.0 Å². The average molecular weight is 270 g/mol. The lowest BCUT2D eigenvalue weighted by molar-refractivity contribution is -0.144. The first-order chi connectivity index (χ1) is 8.39. The Labute approximate surface area is 114 Å². The average Bonchev–Trinajstić information content (AvgIpc) is 2.29. The maximum absolute atomic E-state index is 12.0. The number of ether oxygens (including phenoxy) is 1. The molecule has 1 atom stereocenters. The predicted molar refractivity (Wildman–Crippen MR) is 76.5 cm³/mol. The van der Waals surface area contributed by atoms with Crippen LogP contribution in [0.4, 0.5) is 0 Å². The zero-order valence-corrected chi connectivity index (χ0v) is 12.4. The summed E-state index contributed by atoms with van der Waals surface area (Å²) in [5, 5.41) is 0.00108. The van der Waals surface area contributed by atoms with E-state index in [9.17, 15) is 9.59 Å². The van der Waals surface area contributed by atoms with Crippen molar-refractivity contribution >= 4 is 22.8 Å². The van der Waals surface area contributed by atoms with E-state index in [1.807, 2.05) is 13.8 Å². The van der Waals surface area contributed by atoms with Crippen molar-refractivity contribution in [3.05, 3.63) is 24.3 Å². The number of carbonyl (C=O) groups excluding carboxylic acids is 2. The predicted octanol–water partition coefficient (Wildman–Crippen LogP) is 3.50. The van der Waals surface area contributed by atoms with Crippen LogP contribution in [-0.2, 0) is 14.3 Å². The van der Waals surface area contributed by atoms with Crippen molar-refractivity contribution in [1.29, 1.82) is 0 Å². The van der Waals surface area contributed by atoms with Crippen LogP contribution in [-0.4, -0.2) is 22.4 Å². The molecule has 0 aliphatic heterocycles. The third kappa shape index (κ3) is 5.54. The van der Waals surface area contributed by atoms with Crippen LogP contribution >= 0.6 is 11.8 Å². The van der Waals surface area contributed by atoms with Gasteiger partial charge in [0, 0.05) is 6.42 Å². The van der Waals surface area contributed by atoms with Gasteiger partial charge in [-0.25, -0.2) is 0 Å². The number of allylic oxidation sites excluding steroid dienone is 2. The van der Waals surface area contributed by atoms with E-state index in [4.69, 9.17) is 4.74 Å². The minimum Gasteiger partial charge on any atom is -0.465 e. The van der Waals surface area contributed by atoms with Crippen LogP contribution in [0.25, 0.3) is 0 Å². The van der Waals surface area contributed by atoms with Gasteiger partial charge in [-0.05, 0) is 27.2 Å². The molecular weight excluding hydrogens is 248 g/mol. The molecule has 0 spiro atoms. The SMILES string of the molecule is C=C/C(C)=C/[C@@](C)(SC(=O)CCC)C(=O)OCC. The first kappa shape index (κ1) is 17.0. The smallest absolute Gasteiger partial charge is 0.326 e. The quantitative estimate of drug-likeness (QED) is 0.524. The number of hydrogen-bond acceptors (Lipinski definition) is 4. The van der Waals surface area contributed by atoms with E-state index in [1.54, 1.807) is 26.0 Å². The monoisotopic (exact) mass is 270 g/mol. The van der Waals surface area contributed by atoms with Crippen LogP contribution in [0.1, 0.15) is 40.5 Å². The normalized spacial score (nSPS) is 14.8. The molecule has 0 aromatic heterocycles. The van der Waals surface area contributed by atoms with Crippen molar-refractivity contribution in [2.45, 2.75) is 45.3 Å². The van der Waals surface area contributed by atoms with Crippen molar-refractivity contribution in [3.8, 4) is 0 Å². The van der Waals surface area contributed by atoms with Gasteiger partial charge in [0.15, 0.2) is 5.12 Å². The van der Waals surface area contributed by atoms with E-state index in [0.29, 0.717) is 13.0 Å². The summed E-state index contributed by atoms with van der Waals surface area (Å²) < 4.78 is 4.07. The molecule has 0 aromatic carbocycles. The molecule has 0 radical (unpaired) electrons. The lowest BCUT2D eigenvalue weighted by atomic mass is 10.1. The van der Waals surface area contributed by atoms with E-state index in [-0.39, 0.29) is 11.1 Å². The van der Waals surface area contributed by atoms with E-state index in [1.165, 1.54) is 0 Å². The van der Waals surface area contributed by atoms with Crippen molar-refractivity contribution in [1.82, 2.24) is 0 Å². The highest BCUT2D eigenvalue weighted by atomic mass is 32.2. The van der Waals surface area contributed by atoms with Gasteiger partial charge >= 0.3 is 5.97 Å². The van der Waals surface area contributed by atoms with Crippen LogP contribution in [0, 0.1) is 0 Å². The van der Waals surface area contributed by atoms with Crippen molar-refractivity contribution in [2.24, 2.45) is 0 Å². The molecule has 0 aromatic rings. The van der Waals surface area contributed by atoms with Crippen molar-refractivity contribution in [2.75, 3.05) is 6.61 Å². The van der Waals surface area contributed by atoms with Crippen LogP contribution in [0.15, 0.2) is 24.3 Å². The number of hydrogen-bond donors (Lipinski definition) is 0. The molecule has 0 N–H and O–H groups in total. The van der Waals surface area contributed by atoms with E-state index >= 15 is 0 Å². The Hall–Kier alpha value is -1.03. The molecule has 0 bridgehead atoms. The van der Waals surface area contributed by atoms with E-state index in [0.717, 1.165) is 23.8 Å². The van der Waals surface area contributed by atoms with Gasteiger partial charge in [0.2, 0.25) is 0 Å². The molecule has 0 heterocycles.